The Morgan fingerprint density at radius 1 is 1.37 bits per heavy atom. The summed E-state index contributed by atoms with van der Waals surface area (Å²) in [5.74, 6) is -0.425. The molecule has 2 aromatic rings. The van der Waals surface area contributed by atoms with Gasteiger partial charge in [0.15, 0.2) is 5.82 Å². The molecule has 0 unspecified atom stereocenters. The maximum atomic E-state index is 11.1. The van der Waals surface area contributed by atoms with Crippen LogP contribution in [0.5, 0.6) is 5.75 Å². The van der Waals surface area contributed by atoms with Gasteiger partial charge in [-0.05, 0) is 12.1 Å². The molecule has 0 amide bonds. The Hall–Kier alpha value is -2.83. The lowest BCUT2D eigenvalue weighted by Crippen LogP contribution is -2.08. The third-order valence-corrected chi connectivity index (χ3v) is 2.40. The molecule has 0 fully saturated rings. The fraction of sp³-hybridized carbons (Fsp3) is 0.0833. The lowest BCUT2D eigenvalue weighted by Gasteiger charge is -2.11. The predicted octanol–water partition coefficient (Wildman–Crippen LogP) is 1.51. The number of aromatic carboxylic acids is 1. The number of anilines is 3. The highest BCUT2D eigenvalue weighted by Crippen LogP contribution is 2.27. The number of carboxylic acid groups (broad SMARTS) is 1. The molecule has 0 saturated heterocycles. The third-order valence-electron chi connectivity index (χ3n) is 2.40. The van der Waals surface area contributed by atoms with Gasteiger partial charge >= 0.3 is 5.97 Å². The summed E-state index contributed by atoms with van der Waals surface area (Å²) < 4.78 is 5.16. The molecular weight excluding hydrogens is 248 g/mol. The number of nitrogen functional groups attached to an aromatic ring is 1. The smallest absolute Gasteiger partial charge is 0.339 e. The summed E-state index contributed by atoms with van der Waals surface area (Å²) in [6.45, 7) is 0. The van der Waals surface area contributed by atoms with Crippen molar-refractivity contribution in [1.82, 2.24) is 10.2 Å². The van der Waals surface area contributed by atoms with Crippen molar-refractivity contribution < 1.29 is 14.6 Å². The van der Waals surface area contributed by atoms with Gasteiger partial charge in [-0.15, -0.1) is 10.2 Å². The topological polar surface area (TPSA) is 110 Å². The normalized spacial score (nSPS) is 9.95. The Morgan fingerprint density at radius 3 is 2.79 bits per heavy atom. The van der Waals surface area contributed by atoms with Crippen LogP contribution in [0.2, 0.25) is 0 Å². The molecule has 2 rings (SSSR count). The Kier molecular flexibility index (Phi) is 3.46. The minimum absolute atomic E-state index is 0.0444. The van der Waals surface area contributed by atoms with Crippen LogP contribution in [0.15, 0.2) is 30.3 Å². The van der Waals surface area contributed by atoms with E-state index in [2.05, 4.69) is 15.5 Å². The van der Waals surface area contributed by atoms with Crippen molar-refractivity contribution in [3.8, 4) is 5.75 Å². The summed E-state index contributed by atoms with van der Waals surface area (Å²) >= 11 is 0. The van der Waals surface area contributed by atoms with E-state index in [0.29, 0.717) is 11.4 Å². The molecule has 1 heterocycles. The second-order valence-corrected chi connectivity index (χ2v) is 3.66. The first-order valence-electron chi connectivity index (χ1n) is 5.38. The first kappa shape index (κ1) is 12.6. The number of methoxy groups -OCH3 is 1. The number of nitrogens with one attached hydrogen (secondary N) is 1. The first-order valence-corrected chi connectivity index (χ1v) is 5.38. The zero-order valence-electron chi connectivity index (χ0n) is 10.1. The van der Waals surface area contributed by atoms with Crippen molar-refractivity contribution in [1.29, 1.82) is 0 Å². The van der Waals surface area contributed by atoms with Gasteiger partial charge in [-0.1, -0.05) is 12.1 Å². The Morgan fingerprint density at radius 2 is 2.11 bits per heavy atom. The van der Waals surface area contributed by atoms with Crippen molar-refractivity contribution in [3.63, 3.8) is 0 Å². The van der Waals surface area contributed by atoms with Gasteiger partial charge in [-0.25, -0.2) is 4.79 Å². The number of hydrogen-bond acceptors (Lipinski definition) is 6. The maximum Gasteiger partial charge on any atom is 0.339 e. The molecule has 4 N–H and O–H groups in total. The van der Waals surface area contributed by atoms with Gasteiger partial charge in [0.25, 0.3) is 0 Å². The molecule has 7 heteroatoms. The monoisotopic (exact) mass is 260 g/mol. The van der Waals surface area contributed by atoms with Gasteiger partial charge in [-0.3, -0.25) is 0 Å². The standard InChI is InChI=1S/C12H12N4O3/c1-19-9-5-3-2-4-8(9)14-11-7(12(17)18)6-10(13)15-16-11/h2-6H,1H3,(H2,13,15)(H,14,16)(H,17,18). The van der Waals surface area contributed by atoms with Crippen LogP contribution in [-0.4, -0.2) is 28.4 Å². The van der Waals surface area contributed by atoms with Crippen LogP contribution < -0.4 is 15.8 Å². The molecule has 0 atom stereocenters. The zero-order chi connectivity index (χ0) is 13.8. The average Bonchev–Trinajstić information content (AvgIpc) is 2.41. The molecule has 0 saturated carbocycles. The van der Waals surface area contributed by atoms with Crippen molar-refractivity contribution in [2.45, 2.75) is 0 Å². The van der Waals surface area contributed by atoms with E-state index in [-0.39, 0.29) is 17.2 Å². The molecule has 19 heavy (non-hydrogen) atoms. The third kappa shape index (κ3) is 2.71. The van der Waals surface area contributed by atoms with Crippen LogP contribution in [-0.2, 0) is 0 Å². The highest BCUT2D eigenvalue weighted by Gasteiger charge is 2.14. The number of para-hydroxylation sites is 2. The van der Waals surface area contributed by atoms with E-state index in [9.17, 15) is 4.79 Å². The Labute approximate surface area is 109 Å². The van der Waals surface area contributed by atoms with E-state index < -0.39 is 5.97 Å². The number of nitrogens with zero attached hydrogens (tertiary/aromatic N) is 2. The molecule has 7 nitrogen and oxygen atoms in total. The molecule has 98 valence electrons. The molecule has 0 aliphatic heterocycles. The van der Waals surface area contributed by atoms with Crippen LogP contribution in [0.25, 0.3) is 0 Å². The number of carboxylic acids is 1. The van der Waals surface area contributed by atoms with Gasteiger partial charge in [0, 0.05) is 6.07 Å². The quantitative estimate of drug-likeness (QED) is 0.764. The Balaban J connectivity index is 2.41. The van der Waals surface area contributed by atoms with Crippen molar-refractivity contribution in [2.24, 2.45) is 0 Å². The Bertz CT molecular complexity index is 616. The van der Waals surface area contributed by atoms with Gasteiger partial charge in [0.1, 0.15) is 17.1 Å². The maximum absolute atomic E-state index is 11.1. The fourth-order valence-corrected chi connectivity index (χ4v) is 1.54. The van der Waals surface area contributed by atoms with Crippen LogP contribution in [0.3, 0.4) is 0 Å². The minimum Gasteiger partial charge on any atom is -0.495 e. The summed E-state index contributed by atoms with van der Waals surface area (Å²) in [6, 6.07) is 8.32. The zero-order valence-corrected chi connectivity index (χ0v) is 10.1. The molecule has 0 radical (unpaired) electrons. The largest absolute Gasteiger partial charge is 0.495 e. The number of benzene rings is 1. The van der Waals surface area contributed by atoms with E-state index in [4.69, 9.17) is 15.6 Å². The van der Waals surface area contributed by atoms with Crippen LogP contribution in [0.4, 0.5) is 17.3 Å². The van der Waals surface area contributed by atoms with Crippen molar-refractivity contribution in [2.75, 3.05) is 18.2 Å². The molecule has 0 aliphatic rings. The molecular formula is C12H12N4O3. The first-order chi connectivity index (χ1) is 9.11. The van der Waals surface area contributed by atoms with Crippen LogP contribution in [0, 0.1) is 0 Å². The summed E-state index contributed by atoms with van der Waals surface area (Å²) in [5, 5.41) is 19.3. The fourth-order valence-electron chi connectivity index (χ4n) is 1.54. The summed E-state index contributed by atoms with van der Waals surface area (Å²) in [7, 11) is 1.52. The van der Waals surface area contributed by atoms with E-state index >= 15 is 0 Å². The number of hydrogen-bond donors (Lipinski definition) is 3. The SMILES string of the molecule is COc1ccccc1Nc1nnc(N)cc1C(=O)O. The van der Waals surface area contributed by atoms with Crippen molar-refractivity contribution >= 4 is 23.3 Å². The summed E-state index contributed by atoms with van der Waals surface area (Å²) in [4.78, 5) is 11.1. The highest BCUT2D eigenvalue weighted by molar-refractivity contribution is 5.94. The van der Waals surface area contributed by atoms with E-state index in [1.54, 1.807) is 24.3 Å². The molecule has 1 aromatic heterocycles. The summed E-state index contributed by atoms with van der Waals surface area (Å²) in [5.41, 5.74) is 5.96. The minimum atomic E-state index is -1.14. The van der Waals surface area contributed by atoms with Gasteiger partial charge in [0.2, 0.25) is 0 Å². The van der Waals surface area contributed by atoms with E-state index in [1.807, 2.05) is 0 Å². The molecule has 0 aliphatic carbocycles. The summed E-state index contributed by atoms with van der Waals surface area (Å²) in [6.07, 6.45) is 0. The van der Waals surface area contributed by atoms with Gasteiger partial charge in [-0.2, -0.15) is 0 Å². The van der Waals surface area contributed by atoms with Gasteiger partial charge in [0.05, 0.1) is 12.8 Å². The van der Waals surface area contributed by atoms with E-state index in [1.165, 1.54) is 13.2 Å². The van der Waals surface area contributed by atoms with Gasteiger partial charge < -0.3 is 20.9 Å². The number of rotatable bonds is 4. The molecule has 1 aromatic carbocycles. The van der Waals surface area contributed by atoms with Crippen molar-refractivity contribution in [3.05, 3.63) is 35.9 Å². The average molecular weight is 260 g/mol. The number of ether oxygens (including phenoxy) is 1. The van der Waals surface area contributed by atoms with Crippen LogP contribution >= 0.6 is 0 Å². The lowest BCUT2D eigenvalue weighted by molar-refractivity contribution is 0.0697. The van der Waals surface area contributed by atoms with E-state index in [0.717, 1.165) is 0 Å². The number of nitrogens with two attached hydrogens (primary N) is 1. The number of carbonyl (C=O) groups is 1. The number of aromatic nitrogens is 2. The van der Waals surface area contributed by atoms with Crippen LogP contribution in [0.1, 0.15) is 10.4 Å². The molecule has 0 bridgehead atoms. The second kappa shape index (κ2) is 5.21. The second-order valence-electron chi connectivity index (χ2n) is 3.66. The predicted molar refractivity (Wildman–Crippen MR) is 69.7 cm³/mol. The highest BCUT2D eigenvalue weighted by atomic mass is 16.5. The molecule has 0 spiro atoms. The lowest BCUT2D eigenvalue weighted by atomic mass is 10.2.